The summed E-state index contributed by atoms with van der Waals surface area (Å²) in [7, 11) is 0. The van der Waals surface area contributed by atoms with Crippen molar-refractivity contribution in [2.75, 3.05) is 0 Å². The van der Waals surface area contributed by atoms with Gasteiger partial charge in [-0.15, -0.1) is 0 Å². The molecule has 1 atom stereocenters. The second-order valence-corrected chi connectivity index (χ2v) is 13.4. The summed E-state index contributed by atoms with van der Waals surface area (Å²) in [6, 6.07) is 8.85. The van der Waals surface area contributed by atoms with Gasteiger partial charge in [0.15, 0.2) is 0 Å². The number of aryl methyl sites for hydroxylation is 2. The fourth-order valence-corrected chi connectivity index (χ4v) is 7.35. The molecular weight excluding hydrogens is 488 g/mol. The third-order valence-electron chi connectivity index (χ3n) is 9.70. The Bertz CT molecular complexity index is 1090. The lowest BCUT2D eigenvalue weighted by atomic mass is 9.80. The molecule has 2 aliphatic rings. The van der Waals surface area contributed by atoms with Crippen LogP contribution in [0.25, 0.3) is 6.08 Å². The molecule has 0 saturated heterocycles. The number of hydrogen-bond donors (Lipinski definition) is 0. The van der Waals surface area contributed by atoms with Gasteiger partial charge in [-0.2, -0.15) is 0 Å². The molecule has 1 saturated carbocycles. The first-order chi connectivity index (χ1) is 19.4. The van der Waals surface area contributed by atoms with E-state index in [0.717, 1.165) is 63.2 Å². The monoisotopic (exact) mass is 542 g/mol. The van der Waals surface area contributed by atoms with Crippen molar-refractivity contribution in [3.05, 3.63) is 64.7 Å². The third-order valence-corrected chi connectivity index (χ3v) is 9.70. The van der Waals surface area contributed by atoms with Crippen LogP contribution in [0.5, 0.6) is 0 Å². The van der Waals surface area contributed by atoms with Gasteiger partial charge in [0, 0.05) is 17.9 Å². The molecule has 0 aliphatic heterocycles. The van der Waals surface area contributed by atoms with E-state index in [9.17, 15) is 4.79 Å². The van der Waals surface area contributed by atoms with E-state index in [0.29, 0.717) is 17.6 Å². The highest BCUT2D eigenvalue weighted by Crippen LogP contribution is 2.33. The van der Waals surface area contributed by atoms with Crippen LogP contribution in [0.1, 0.15) is 139 Å². The van der Waals surface area contributed by atoms with E-state index < -0.39 is 0 Å². The summed E-state index contributed by atoms with van der Waals surface area (Å²) in [6.45, 7) is 9.03. The Balaban J connectivity index is 1.17. The predicted molar refractivity (Wildman–Crippen MR) is 168 cm³/mol. The molecule has 1 heterocycles. The van der Waals surface area contributed by atoms with Crippen molar-refractivity contribution in [1.29, 1.82) is 0 Å². The maximum atomic E-state index is 13.3. The zero-order chi connectivity index (χ0) is 28.3. The van der Waals surface area contributed by atoms with Gasteiger partial charge in [-0.1, -0.05) is 109 Å². The lowest BCUT2D eigenvalue weighted by Crippen LogP contribution is -2.21. The Morgan fingerprint density at radius 1 is 0.950 bits per heavy atom. The van der Waals surface area contributed by atoms with E-state index in [1.807, 2.05) is 0 Å². The first kappa shape index (κ1) is 30.7. The number of hydrogen-bond acceptors (Lipinski definition) is 3. The van der Waals surface area contributed by atoms with Crippen LogP contribution in [0.4, 0.5) is 0 Å². The molecule has 2 aliphatic carbocycles. The summed E-state index contributed by atoms with van der Waals surface area (Å²) in [5.41, 5.74) is 6.74. The first-order valence-electron chi connectivity index (χ1n) is 16.5. The van der Waals surface area contributed by atoms with Crippen LogP contribution < -0.4 is 0 Å². The Hall–Kier alpha value is -2.29. The zero-order valence-corrected chi connectivity index (χ0v) is 25.8. The summed E-state index contributed by atoms with van der Waals surface area (Å²) in [5.74, 6) is 3.26. The molecule has 0 radical (unpaired) electrons. The van der Waals surface area contributed by atoms with Crippen LogP contribution in [0.2, 0.25) is 0 Å². The van der Waals surface area contributed by atoms with Gasteiger partial charge in [-0.3, -0.25) is 4.79 Å². The standard InChI is InChI=1S/C37H54N2O/c1-27(2)32-20-6-5-18-31(32)19-12-22-33(28(3)4)37(40)24-11-15-29-13-9-16-30(17-10-14-29)25-36-34-21-7-8-23-35(34)38-26-39-36/h5-7,18,20-21,26-30,33H,8-17,19,22-25H2,1-4H3. The summed E-state index contributed by atoms with van der Waals surface area (Å²) in [4.78, 5) is 22.5. The van der Waals surface area contributed by atoms with Crippen molar-refractivity contribution >= 4 is 11.9 Å². The molecule has 4 rings (SSSR count). The fourth-order valence-electron chi connectivity index (χ4n) is 7.35. The fraction of sp³-hybridized carbons (Fsp3) is 0.649. The van der Waals surface area contributed by atoms with Crippen molar-refractivity contribution in [3.8, 4) is 0 Å². The van der Waals surface area contributed by atoms with Gasteiger partial charge in [0.05, 0.1) is 11.4 Å². The number of nitrogens with zero attached hydrogens (tertiary/aromatic N) is 2. The molecule has 1 unspecified atom stereocenters. The van der Waals surface area contributed by atoms with Crippen LogP contribution in [0, 0.1) is 23.7 Å². The topological polar surface area (TPSA) is 42.9 Å². The second-order valence-electron chi connectivity index (χ2n) is 13.4. The molecule has 40 heavy (non-hydrogen) atoms. The minimum Gasteiger partial charge on any atom is -0.299 e. The van der Waals surface area contributed by atoms with Gasteiger partial charge < -0.3 is 0 Å². The van der Waals surface area contributed by atoms with E-state index in [1.54, 1.807) is 6.33 Å². The van der Waals surface area contributed by atoms with Gasteiger partial charge in [0.2, 0.25) is 0 Å². The largest absolute Gasteiger partial charge is 0.299 e. The molecular formula is C37H54N2O. The van der Waals surface area contributed by atoms with Crippen molar-refractivity contribution in [3.63, 3.8) is 0 Å². The van der Waals surface area contributed by atoms with Crippen molar-refractivity contribution < 1.29 is 4.79 Å². The van der Waals surface area contributed by atoms with E-state index in [2.05, 4.69) is 74.1 Å². The smallest absolute Gasteiger partial charge is 0.136 e. The minimum atomic E-state index is 0.215. The van der Waals surface area contributed by atoms with Crippen LogP contribution >= 0.6 is 0 Å². The average molecular weight is 543 g/mol. The number of rotatable bonds is 13. The molecule has 1 fully saturated rings. The lowest BCUT2D eigenvalue weighted by Gasteiger charge is -2.25. The van der Waals surface area contributed by atoms with Gasteiger partial charge >= 0.3 is 0 Å². The number of fused-ring (bicyclic) bond motifs is 1. The van der Waals surface area contributed by atoms with E-state index >= 15 is 0 Å². The number of Topliss-reactive ketones (excluding diaryl/α,β-unsaturated/α-hetero) is 1. The van der Waals surface area contributed by atoms with Gasteiger partial charge in [-0.25, -0.2) is 9.97 Å². The SMILES string of the molecule is CC(C)c1ccccc1CCCC(C(=O)CCCC1CCCC(Cc2ncnc3c2C=CCC3)CCC1)C(C)C. The highest BCUT2D eigenvalue weighted by Gasteiger charge is 2.23. The Labute approximate surface area is 244 Å². The van der Waals surface area contributed by atoms with Crippen LogP contribution in [-0.4, -0.2) is 15.8 Å². The van der Waals surface area contributed by atoms with Crippen LogP contribution in [0.15, 0.2) is 36.7 Å². The normalized spacial score (nSPS) is 20.2. The van der Waals surface area contributed by atoms with Crippen molar-refractivity contribution in [2.45, 2.75) is 130 Å². The summed E-state index contributed by atoms with van der Waals surface area (Å²) < 4.78 is 0. The summed E-state index contributed by atoms with van der Waals surface area (Å²) >= 11 is 0. The number of ketones is 1. The number of carbonyl (C=O) groups is 1. The van der Waals surface area contributed by atoms with Crippen LogP contribution in [-0.2, 0) is 24.1 Å². The quantitative estimate of drug-likeness (QED) is 0.253. The number of benzene rings is 1. The summed E-state index contributed by atoms with van der Waals surface area (Å²) in [5, 5.41) is 0. The van der Waals surface area contributed by atoms with Crippen molar-refractivity contribution in [1.82, 2.24) is 9.97 Å². The molecule has 3 nitrogen and oxygen atoms in total. The van der Waals surface area contributed by atoms with E-state index in [-0.39, 0.29) is 5.92 Å². The van der Waals surface area contributed by atoms with Crippen molar-refractivity contribution in [2.24, 2.45) is 23.7 Å². The molecule has 218 valence electrons. The Kier molecular flexibility index (Phi) is 12.0. The Morgan fingerprint density at radius 3 is 2.45 bits per heavy atom. The molecule has 0 amide bonds. The van der Waals surface area contributed by atoms with Crippen LogP contribution in [0.3, 0.4) is 0 Å². The summed E-state index contributed by atoms with van der Waals surface area (Å²) in [6.07, 6.45) is 23.8. The predicted octanol–water partition coefficient (Wildman–Crippen LogP) is 9.72. The number of aromatic nitrogens is 2. The first-order valence-corrected chi connectivity index (χ1v) is 16.5. The molecule has 1 aromatic heterocycles. The minimum absolute atomic E-state index is 0.215. The van der Waals surface area contributed by atoms with Gasteiger partial charge in [0.1, 0.15) is 12.1 Å². The molecule has 1 aromatic carbocycles. The highest BCUT2D eigenvalue weighted by atomic mass is 16.1. The molecule has 0 N–H and O–H groups in total. The third kappa shape index (κ3) is 8.85. The highest BCUT2D eigenvalue weighted by molar-refractivity contribution is 5.81. The zero-order valence-electron chi connectivity index (χ0n) is 25.8. The molecule has 0 spiro atoms. The average Bonchev–Trinajstić information content (AvgIpc) is 2.93. The van der Waals surface area contributed by atoms with Gasteiger partial charge in [0.25, 0.3) is 0 Å². The maximum Gasteiger partial charge on any atom is 0.136 e. The lowest BCUT2D eigenvalue weighted by molar-refractivity contribution is -0.124. The molecule has 0 bridgehead atoms. The molecule has 2 aromatic rings. The number of carbonyl (C=O) groups excluding carboxylic acids is 1. The van der Waals surface area contributed by atoms with Gasteiger partial charge in [-0.05, 0) is 79.7 Å². The van der Waals surface area contributed by atoms with E-state index in [1.165, 1.54) is 73.0 Å². The maximum absolute atomic E-state index is 13.3. The van der Waals surface area contributed by atoms with E-state index in [4.69, 9.17) is 0 Å². The molecule has 3 heteroatoms. The Morgan fingerprint density at radius 2 is 1.70 bits per heavy atom. The number of allylic oxidation sites excluding steroid dienone is 1. The second kappa shape index (κ2) is 15.6.